The van der Waals surface area contributed by atoms with E-state index in [1.54, 1.807) is 0 Å². The van der Waals surface area contributed by atoms with E-state index in [1.807, 2.05) is 31.3 Å². The number of aliphatic carboxylic acids is 1. The van der Waals surface area contributed by atoms with Crippen LogP contribution in [0.1, 0.15) is 95.0 Å². The fourth-order valence-electron chi connectivity index (χ4n) is 6.22. The van der Waals surface area contributed by atoms with Crippen LogP contribution in [-0.4, -0.2) is 28.0 Å². The number of nitrogens with one attached hydrogen (secondary N) is 1. The van der Waals surface area contributed by atoms with Gasteiger partial charge >= 0.3 is 5.97 Å². The van der Waals surface area contributed by atoms with Gasteiger partial charge in [-0.1, -0.05) is 78.7 Å². The van der Waals surface area contributed by atoms with Crippen LogP contribution in [0.25, 0.3) is 0 Å². The Morgan fingerprint density at radius 3 is 1.96 bits per heavy atom. The molecule has 0 radical (unpaired) electrons. The molecule has 0 amide bonds. The topological polar surface area (TPSA) is 71.3 Å². The van der Waals surface area contributed by atoms with Gasteiger partial charge in [0.1, 0.15) is 0 Å². The molecule has 5 heteroatoms. The van der Waals surface area contributed by atoms with E-state index in [4.69, 9.17) is 5.11 Å². The summed E-state index contributed by atoms with van der Waals surface area (Å²) in [6.45, 7) is 7.20. The second-order valence-corrected chi connectivity index (χ2v) is 12.6. The van der Waals surface area contributed by atoms with Gasteiger partial charge in [-0.05, 0) is 107 Å². The molecule has 45 heavy (non-hydrogen) atoms. The van der Waals surface area contributed by atoms with Gasteiger partial charge < -0.3 is 15.0 Å². The van der Waals surface area contributed by atoms with Gasteiger partial charge in [0.05, 0.1) is 0 Å². The molecule has 238 valence electrons. The van der Waals surface area contributed by atoms with Gasteiger partial charge in [-0.2, -0.15) is 0 Å². The molecule has 0 unspecified atom stereocenters. The van der Waals surface area contributed by atoms with E-state index in [2.05, 4.69) is 85.3 Å². The molecule has 1 heterocycles. The molecular weight excluding hydrogens is 556 g/mol. The summed E-state index contributed by atoms with van der Waals surface area (Å²) in [5.74, 6) is -0.238. The minimum Gasteiger partial charge on any atom is -0.481 e. The van der Waals surface area contributed by atoms with E-state index < -0.39 is 5.97 Å². The maximum atomic E-state index is 13.7. The van der Waals surface area contributed by atoms with Gasteiger partial charge in [-0.25, -0.2) is 0 Å². The number of hydrogen-bond acceptors (Lipinski definition) is 3. The Kier molecular flexibility index (Phi) is 12.6. The first-order chi connectivity index (χ1) is 21.7. The number of ketones is 1. The van der Waals surface area contributed by atoms with Crippen molar-refractivity contribution in [3.05, 3.63) is 124 Å². The Bertz CT molecular complexity index is 1480. The molecule has 0 fully saturated rings. The van der Waals surface area contributed by atoms with Gasteiger partial charge in [-0.15, -0.1) is 0 Å². The van der Waals surface area contributed by atoms with Gasteiger partial charge in [0.25, 0.3) is 0 Å². The third-order valence-electron chi connectivity index (χ3n) is 8.98. The van der Waals surface area contributed by atoms with Crippen molar-refractivity contribution in [2.75, 3.05) is 11.9 Å². The van der Waals surface area contributed by atoms with Crippen LogP contribution in [0.5, 0.6) is 0 Å². The number of anilines is 1. The zero-order valence-electron chi connectivity index (χ0n) is 27.6. The number of benzene rings is 3. The van der Waals surface area contributed by atoms with Crippen molar-refractivity contribution >= 4 is 17.4 Å². The Balaban J connectivity index is 1.40. The lowest BCUT2D eigenvalue weighted by atomic mass is 9.93. The molecule has 3 aromatic carbocycles. The number of aryl methyl sites for hydroxylation is 5. The molecule has 0 atom stereocenters. The Labute approximate surface area is 269 Å². The van der Waals surface area contributed by atoms with E-state index in [-0.39, 0.29) is 12.2 Å². The lowest BCUT2D eigenvalue weighted by Crippen LogP contribution is -2.16. The summed E-state index contributed by atoms with van der Waals surface area (Å²) in [6.07, 6.45) is 8.86. The highest BCUT2D eigenvalue weighted by Crippen LogP contribution is 2.24. The number of carboxylic acids is 1. The molecule has 4 rings (SSSR count). The van der Waals surface area contributed by atoms with E-state index >= 15 is 0 Å². The van der Waals surface area contributed by atoms with Crippen LogP contribution in [0.4, 0.5) is 5.69 Å². The average Bonchev–Trinajstić information content (AvgIpc) is 3.35. The monoisotopic (exact) mass is 606 g/mol. The van der Waals surface area contributed by atoms with E-state index in [1.165, 1.54) is 22.3 Å². The first-order valence-electron chi connectivity index (χ1n) is 16.6. The van der Waals surface area contributed by atoms with Crippen LogP contribution in [0, 0.1) is 19.8 Å². The minimum atomic E-state index is -0.791. The van der Waals surface area contributed by atoms with Gasteiger partial charge in [0.2, 0.25) is 0 Å². The quantitative estimate of drug-likeness (QED) is 0.111. The normalized spacial score (nSPS) is 11.2. The maximum absolute atomic E-state index is 13.7. The van der Waals surface area contributed by atoms with Crippen LogP contribution in [0.3, 0.4) is 0 Å². The summed E-state index contributed by atoms with van der Waals surface area (Å²) in [5.41, 5.74) is 9.75. The number of aromatic nitrogens is 1. The first kappa shape index (κ1) is 33.8. The van der Waals surface area contributed by atoms with Crippen molar-refractivity contribution in [3.8, 4) is 0 Å². The zero-order chi connectivity index (χ0) is 32.2. The summed E-state index contributed by atoms with van der Waals surface area (Å²) in [4.78, 5) is 24.7. The van der Waals surface area contributed by atoms with Crippen LogP contribution >= 0.6 is 0 Å². The smallest absolute Gasteiger partial charge is 0.303 e. The average molecular weight is 607 g/mol. The Hall–Kier alpha value is -4.12. The molecule has 0 spiro atoms. The summed E-state index contributed by atoms with van der Waals surface area (Å²) < 4.78 is 2.06. The highest BCUT2D eigenvalue weighted by atomic mass is 16.4. The van der Waals surface area contributed by atoms with E-state index in [0.717, 1.165) is 68.6 Å². The number of carboxylic acid groups (broad SMARTS) is 1. The second kappa shape index (κ2) is 16.8. The molecule has 1 aromatic heterocycles. The molecule has 0 aliphatic carbocycles. The van der Waals surface area contributed by atoms with Crippen molar-refractivity contribution in [3.63, 3.8) is 0 Å². The lowest BCUT2D eigenvalue weighted by molar-refractivity contribution is -0.137. The Morgan fingerprint density at radius 1 is 0.800 bits per heavy atom. The molecule has 0 saturated carbocycles. The van der Waals surface area contributed by atoms with Crippen molar-refractivity contribution in [1.29, 1.82) is 0 Å². The fourth-order valence-corrected chi connectivity index (χ4v) is 6.22. The lowest BCUT2D eigenvalue weighted by Gasteiger charge is -2.19. The number of carbonyl (C=O) groups excluding carboxylic acids is 1. The molecule has 0 saturated heterocycles. The molecule has 4 aromatic rings. The standard InChI is InChI=1S/C40H50N2O3/c1-5-38-37(27-36(42(38)4)16-9-17-39(43)44)40(45)34-14-8-15-35(26-34)41-28-33(12-6-10-31-22-18-29(2)19-23-31)13-7-11-32-24-20-30(3)21-25-32/h8,14-15,18-27,33,41H,5-7,9-13,16-17,28H2,1-4H3,(H,43,44). The van der Waals surface area contributed by atoms with Crippen LogP contribution in [0.2, 0.25) is 0 Å². The largest absolute Gasteiger partial charge is 0.481 e. The third-order valence-corrected chi connectivity index (χ3v) is 8.98. The van der Waals surface area contributed by atoms with E-state index in [9.17, 15) is 9.59 Å². The van der Waals surface area contributed by atoms with Crippen molar-refractivity contribution in [2.45, 2.75) is 85.0 Å². The van der Waals surface area contributed by atoms with Crippen LogP contribution in [0.15, 0.2) is 78.9 Å². The summed E-state index contributed by atoms with van der Waals surface area (Å²) in [6, 6.07) is 27.6. The molecule has 0 bridgehead atoms. The predicted molar refractivity (Wildman–Crippen MR) is 185 cm³/mol. The number of carbonyl (C=O) groups is 2. The summed E-state index contributed by atoms with van der Waals surface area (Å²) in [7, 11) is 1.97. The molecule has 0 aliphatic heterocycles. The third kappa shape index (κ3) is 10.2. The molecule has 5 nitrogen and oxygen atoms in total. The maximum Gasteiger partial charge on any atom is 0.303 e. The molecule has 0 aliphatic rings. The van der Waals surface area contributed by atoms with Gasteiger partial charge in [0, 0.05) is 48.2 Å². The van der Waals surface area contributed by atoms with Crippen LogP contribution < -0.4 is 5.32 Å². The second-order valence-electron chi connectivity index (χ2n) is 12.6. The summed E-state index contributed by atoms with van der Waals surface area (Å²) >= 11 is 0. The molecular formula is C40H50N2O3. The van der Waals surface area contributed by atoms with Crippen molar-refractivity contribution in [1.82, 2.24) is 4.57 Å². The van der Waals surface area contributed by atoms with Gasteiger partial charge in [-0.3, -0.25) is 9.59 Å². The zero-order valence-corrected chi connectivity index (χ0v) is 27.6. The number of rotatable bonds is 18. The fraction of sp³-hybridized carbons (Fsp3) is 0.400. The SMILES string of the molecule is CCc1c(C(=O)c2cccc(NCC(CCCc3ccc(C)cc3)CCCc3ccc(C)cc3)c2)cc(CCCC(=O)O)n1C. The summed E-state index contributed by atoms with van der Waals surface area (Å²) in [5, 5.41) is 12.7. The van der Waals surface area contributed by atoms with E-state index in [0.29, 0.717) is 29.9 Å². The number of nitrogens with zero attached hydrogens (tertiary/aromatic N) is 1. The predicted octanol–water partition coefficient (Wildman–Crippen LogP) is 8.92. The van der Waals surface area contributed by atoms with Crippen LogP contribution in [-0.2, 0) is 37.5 Å². The first-order valence-corrected chi connectivity index (χ1v) is 16.6. The van der Waals surface area contributed by atoms with Gasteiger partial charge in [0.15, 0.2) is 5.78 Å². The highest BCUT2D eigenvalue weighted by molar-refractivity contribution is 6.10. The Morgan fingerprint density at radius 2 is 1.40 bits per heavy atom. The van der Waals surface area contributed by atoms with Crippen molar-refractivity contribution < 1.29 is 14.7 Å². The number of hydrogen-bond donors (Lipinski definition) is 2. The highest BCUT2D eigenvalue weighted by Gasteiger charge is 2.19. The minimum absolute atomic E-state index is 0.0170. The molecule has 2 N–H and O–H groups in total. The van der Waals surface area contributed by atoms with Crippen molar-refractivity contribution in [2.24, 2.45) is 13.0 Å².